The van der Waals surface area contributed by atoms with Gasteiger partial charge in [-0.25, -0.2) is 0 Å². The van der Waals surface area contributed by atoms with Crippen LogP contribution in [0.1, 0.15) is 54.4 Å². The second-order valence-electron chi connectivity index (χ2n) is 10.0. The highest BCUT2D eigenvalue weighted by Gasteiger charge is 2.19. The first-order chi connectivity index (χ1) is 16.6. The molecule has 0 saturated carbocycles. The van der Waals surface area contributed by atoms with Crippen molar-refractivity contribution in [3.63, 3.8) is 0 Å². The third-order valence-electron chi connectivity index (χ3n) is 5.92. The number of hydrogen-bond acceptors (Lipinski definition) is 2. The predicted octanol–water partition coefficient (Wildman–Crippen LogP) is 9.03. The Morgan fingerprint density at radius 3 is 2.39 bits per heavy atom. The zero-order chi connectivity index (χ0) is 25.0. The summed E-state index contributed by atoms with van der Waals surface area (Å²) in [6.07, 6.45) is 0.228. The van der Waals surface area contributed by atoms with E-state index in [1.165, 1.54) is 16.7 Å². The highest BCUT2D eigenvalue weighted by molar-refractivity contribution is 6.08. The van der Waals surface area contributed by atoms with Crippen LogP contribution in [0.25, 0.3) is 44.3 Å². The Bertz CT molecular complexity index is 1530. The van der Waals surface area contributed by atoms with Crippen molar-refractivity contribution in [3.05, 3.63) is 90.1 Å². The van der Waals surface area contributed by atoms with Crippen LogP contribution in [-0.2, 0) is 6.37 Å². The summed E-state index contributed by atoms with van der Waals surface area (Å²) in [5.41, 5.74) is 7.20. The standard InChI is InChI=1S/C31H31NO/c1-20(2)29-24(22-9-7-6-8-10-22)12-13-25-26-18-23(11-14-28(26)33-30(25)29)27-17-21(15-16-32-27)19-31(3,4)5/h6-18,20H,19H2,1-5H3/i19D2. The largest absolute Gasteiger partial charge is 0.456 e. The van der Waals surface area contributed by atoms with Gasteiger partial charge < -0.3 is 4.42 Å². The molecular weight excluding hydrogens is 402 g/mol. The van der Waals surface area contributed by atoms with Gasteiger partial charge in [0.15, 0.2) is 0 Å². The van der Waals surface area contributed by atoms with Gasteiger partial charge in [0.2, 0.25) is 0 Å². The van der Waals surface area contributed by atoms with E-state index in [1.807, 2.05) is 45.0 Å². The first-order valence-corrected chi connectivity index (χ1v) is 11.6. The Balaban J connectivity index is 1.67. The van der Waals surface area contributed by atoms with E-state index in [9.17, 15) is 0 Å². The molecule has 3 aromatic carbocycles. The molecule has 0 aliphatic rings. The highest BCUT2D eigenvalue weighted by atomic mass is 16.3. The molecule has 0 unspecified atom stereocenters. The number of rotatable bonds is 4. The summed E-state index contributed by atoms with van der Waals surface area (Å²) in [5, 5.41) is 2.14. The quantitative estimate of drug-likeness (QED) is 0.281. The van der Waals surface area contributed by atoms with Gasteiger partial charge in [0.1, 0.15) is 11.2 Å². The molecule has 2 aromatic heterocycles. The van der Waals surface area contributed by atoms with Crippen LogP contribution in [0.3, 0.4) is 0 Å². The lowest BCUT2D eigenvalue weighted by Gasteiger charge is -2.18. The SMILES string of the molecule is [2H]C([2H])(c1ccnc(-c2ccc3oc4c(C(C)C)c(-c5ccccc5)ccc4c3c2)c1)C(C)(C)C. The number of hydrogen-bond donors (Lipinski definition) is 0. The van der Waals surface area contributed by atoms with E-state index >= 15 is 0 Å². The van der Waals surface area contributed by atoms with Gasteiger partial charge in [0.25, 0.3) is 0 Å². The van der Waals surface area contributed by atoms with Crippen LogP contribution in [0.4, 0.5) is 0 Å². The minimum Gasteiger partial charge on any atom is -0.456 e. The molecule has 0 atom stereocenters. The zero-order valence-corrected chi connectivity index (χ0v) is 19.9. The van der Waals surface area contributed by atoms with Crippen molar-refractivity contribution in [1.29, 1.82) is 0 Å². The predicted molar refractivity (Wildman–Crippen MR) is 140 cm³/mol. The van der Waals surface area contributed by atoms with Crippen LogP contribution >= 0.6 is 0 Å². The smallest absolute Gasteiger partial charge is 0.139 e. The average Bonchev–Trinajstić information content (AvgIpc) is 3.21. The topological polar surface area (TPSA) is 26.0 Å². The van der Waals surface area contributed by atoms with Gasteiger partial charge in [-0.2, -0.15) is 0 Å². The molecule has 166 valence electrons. The zero-order valence-electron chi connectivity index (χ0n) is 21.9. The van der Waals surface area contributed by atoms with Crippen molar-refractivity contribution in [2.75, 3.05) is 0 Å². The van der Waals surface area contributed by atoms with Crippen LogP contribution in [-0.4, -0.2) is 4.98 Å². The fourth-order valence-electron chi connectivity index (χ4n) is 4.56. The summed E-state index contributed by atoms with van der Waals surface area (Å²) in [5.74, 6) is 0.298. The number of pyridine rings is 1. The van der Waals surface area contributed by atoms with E-state index in [1.54, 1.807) is 12.3 Å². The third kappa shape index (κ3) is 4.18. The second-order valence-corrected chi connectivity index (χ2v) is 10.0. The molecule has 0 aliphatic carbocycles. The summed E-state index contributed by atoms with van der Waals surface area (Å²) in [7, 11) is 0. The fourth-order valence-corrected chi connectivity index (χ4v) is 4.56. The lowest BCUT2D eigenvalue weighted by Crippen LogP contribution is -2.09. The van der Waals surface area contributed by atoms with E-state index in [4.69, 9.17) is 7.16 Å². The van der Waals surface area contributed by atoms with Crippen LogP contribution in [0.5, 0.6) is 0 Å². The molecule has 0 radical (unpaired) electrons. The molecule has 2 heterocycles. The Kier molecular flexibility index (Phi) is 4.74. The monoisotopic (exact) mass is 435 g/mol. The lowest BCUT2D eigenvalue weighted by atomic mass is 9.88. The molecule has 0 spiro atoms. The number of aromatic nitrogens is 1. The van der Waals surface area contributed by atoms with Crippen LogP contribution in [0, 0.1) is 5.41 Å². The van der Waals surface area contributed by atoms with E-state index in [-0.39, 0.29) is 0 Å². The maximum Gasteiger partial charge on any atom is 0.139 e. The Morgan fingerprint density at radius 1 is 0.879 bits per heavy atom. The maximum atomic E-state index is 8.67. The minimum absolute atomic E-state index is 0.298. The van der Waals surface area contributed by atoms with Crippen molar-refractivity contribution >= 4 is 21.9 Å². The molecule has 0 N–H and O–H groups in total. The number of benzene rings is 3. The molecular formula is C31H31NO. The summed E-state index contributed by atoms with van der Waals surface area (Å²) in [6.45, 7) is 10.2. The Morgan fingerprint density at radius 2 is 1.67 bits per heavy atom. The van der Waals surface area contributed by atoms with Crippen LogP contribution < -0.4 is 0 Å². The van der Waals surface area contributed by atoms with Gasteiger partial charge in [0, 0.05) is 30.8 Å². The molecule has 0 aliphatic heterocycles. The van der Waals surface area contributed by atoms with Gasteiger partial charge in [-0.05, 0) is 70.8 Å². The van der Waals surface area contributed by atoms with E-state index < -0.39 is 11.8 Å². The lowest BCUT2D eigenvalue weighted by molar-refractivity contribution is 0.411. The van der Waals surface area contributed by atoms with Crippen molar-refractivity contribution in [1.82, 2.24) is 4.98 Å². The first kappa shape index (κ1) is 19.1. The Labute approximate surface area is 199 Å². The molecule has 33 heavy (non-hydrogen) atoms. The van der Waals surface area contributed by atoms with Gasteiger partial charge >= 0.3 is 0 Å². The van der Waals surface area contributed by atoms with Crippen LogP contribution in [0.2, 0.25) is 0 Å². The molecule has 0 amide bonds. The average molecular weight is 436 g/mol. The van der Waals surface area contributed by atoms with E-state index in [0.29, 0.717) is 11.5 Å². The van der Waals surface area contributed by atoms with Gasteiger partial charge in [0.05, 0.1) is 5.69 Å². The summed E-state index contributed by atoms with van der Waals surface area (Å²) in [4.78, 5) is 4.58. The van der Waals surface area contributed by atoms with Crippen molar-refractivity contribution in [2.45, 2.75) is 46.9 Å². The number of furan rings is 1. The highest BCUT2D eigenvalue weighted by Crippen LogP contribution is 2.40. The maximum absolute atomic E-state index is 8.67. The molecule has 5 aromatic rings. The number of fused-ring (bicyclic) bond motifs is 3. The molecule has 2 nitrogen and oxygen atoms in total. The summed E-state index contributed by atoms with van der Waals surface area (Å²) in [6, 6.07) is 24.6. The van der Waals surface area contributed by atoms with E-state index in [2.05, 4.69) is 61.3 Å². The van der Waals surface area contributed by atoms with Gasteiger partial charge in [-0.1, -0.05) is 71.0 Å². The van der Waals surface area contributed by atoms with E-state index in [0.717, 1.165) is 33.2 Å². The third-order valence-corrected chi connectivity index (χ3v) is 5.92. The minimum atomic E-state index is -1.48. The fraction of sp³-hybridized carbons (Fsp3) is 0.258. The molecule has 0 saturated heterocycles. The van der Waals surface area contributed by atoms with Gasteiger partial charge in [-0.15, -0.1) is 0 Å². The molecule has 2 heteroatoms. The molecule has 5 rings (SSSR count). The summed E-state index contributed by atoms with van der Waals surface area (Å²) < 4.78 is 23.8. The first-order valence-electron chi connectivity index (χ1n) is 12.6. The van der Waals surface area contributed by atoms with Crippen LogP contribution in [0.15, 0.2) is 83.4 Å². The second kappa shape index (κ2) is 8.19. The Hall–Kier alpha value is -3.39. The van der Waals surface area contributed by atoms with Crippen molar-refractivity contribution < 1.29 is 7.16 Å². The molecule has 0 bridgehead atoms. The van der Waals surface area contributed by atoms with Gasteiger partial charge in [-0.3, -0.25) is 4.98 Å². The summed E-state index contributed by atoms with van der Waals surface area (Å²) >= 11 is 0. The van der Waals surface area contributed by atoms with Crippen molar-refractivity contribution in [2.24, 2.45) is 5.41 Å². The molecule has 0 fully saturated rings. The normalized spacial score (nSPS) is 13.5. The number of nitrogens with zero attached hydrogens (tertiary/aromatic N) is 1. The van der Waals surface area contributed by atoms with Crippen molar-refractivity contribution in [3.8, 4) is 22.4 Å².